The van der Waals surface area contributed by atoms with E-state index in [2.05, 4.69) is 15.2 Å². The van der Waals surface area contributed by atoms with Gasteiger partial charge in [-0.3, -0.25) is 14.7 Å². The van der Waals surface area contributed by atoms with Crippen LogP contribution in [0.3, 0.4) is 0 Å². The quantitative estimate of drug-likeness (QED) is 0.328. The summed E-state index contributed by atoms with van der Waals surface area (Å²) in [5.41, 5.74) is -2.00. The van der Waals surface area contributed by atoms with Crippen LogP contribution in [-0.2, 0) is 14.3 Å². The lowest BCUT2D eigenvalue weighted by Crippen LogP contribution is -2.70. The van der Waals surface area contributed by atoms with Gasteiger partial charge in [0, 0.05) is 56.5 Å². The van der Waals surface area contributed by atoms with Crippen molar-refractivity contribution in [2.24, 2.45) is 10.4 Å². The van der Waals surface area contributed by atoms with Gasteiger partial charge < -0.3 is 30.1 Å². The van der Waals surface area contributed by atoms with E-state index in [-0.39, 0.29) is 50.9 Å². The maximum Gasteiger partial charge on any atom is 0.338 e. The zero-order chi connectivity index (χ0) is 33.6. The Labute approximate surface area is 271 Å². The number of benzene rings is 1. The molecule has 2 aromatic rings. The molecule has 12 nitrogen and oxygen atoms in total. The highest BCUT2D eigenvalue weighted by molar-refractivity contribution is 7.11. The number of rotatable bonds is 10. The number of nitrogens with zero attached hydrogens (tertiary/aromatic N) is 5. The van der Waals surface area contributed by atoms with Gasteiger partial charge in [0.25, 0.3) is 0 Å². The maximum absolute atomic E-state index is 14.8. The molecule has 2 unspecified atom stereocenters. The molecule has 1 aromatic carbocycles. The van der Waals surface area contributed by atoms with Gasteiger partial charge in [-0.1, -0.05) is 12.1 Å². The highest BCUT2D eigenvalue weighted by Gasteiger charge is 2.60. The zero-order valence-corrected chi connectivity index (χ0v) is 27.8. The minimum atomic E-state index is -1.36. The van der Waals surface area contributed by atoms with Gasteiger partial charge in [0.05, 0.1) is 23.2 Å². The van der Waals surface area contributed by atoms with Gasteiger partial charge in [-0.15, -0.1) is 11.3 Å². The number of carboxylic acids is 1. The molecule has 3 aliphatic heterocycles. The first kappa shape index (κ1) is 33.5. The van der Waals surface area contributed by atoms with E-state index < -0.39 is 40.4 Å². The smallest absolute Gasteiger partial charge is 0.338 e. The third-order valence-corrected chi connectivity index (χ3v) is 9.92. The number of carbonyl (C=O) groups excluding carboxylic acids is 2. The summed E-state index contributed by atoms with van der Waals surface area (Å²) in [6.45, 7) is 11.2. The Morgan fingerprint density at radius 2 is 1.96 bits per heavy atom. The van der Waals surface area contributed by atoms with Crippen molar-refractivity contribution in [1.29, 1.82) is 0 Å². The van der Waals surface area contributed by atoms with Crippen molar-refractivity contribution >= 4 is 35.1 Å². The van der Waals surface area contributed by atoms with Crippen LogP contribution in [0.2, 0.25) is 0 Å². The number of urea groups is 1. The van der Waals surface area contributed by atoms with E-state index in [1.165, 1.54) is 22.3 Å². The molecule has 2 saturated heterocycles. The summed E-state index contributed by atoms with van der Waals surface area (Å²) >= 11 is 1.37. The Morgan fingerprint density at radius 1 is 1.22 bits per heavy atom. The van der Waals surface area contributed by atoms with E-state index in [1.807, 2.05) is 5.38 Å². The number of amides is 2. The van der Waals surface area contributed by atoms with Crippen molar-refractivity contribution in [3.63, 3.8) is 0 Å². The van der Waals surface area contributed by atoms with Crippen LogP contribution in [0.4, 0.5) is 9.18 Å². The largest absolute Gasteiger partial charge is 0.481 e. The lowest BCUT2D eigenvalue weighted by atomic mass is 9.79. The molecular weight excluding hydrogens is 615 g/mol. The number of ether oxygens (including phenoxy) is 1. The first-order valence-corrected chi connectivity index (χ1v) is 16.1. The lowest BCUT2D eigenvalue weighted by molar-refractivity contribution is -0.147. The van der Waals surface area contributed by atoms with E-state index in [0.717, 1.165) is 0 Å². The van der Waals surface area contributed by atoms with Crippen molar-refractivity contribution in [1.82, 2.24) is 25.0 Å². The van der Waals surface area contributed by atoms with E-state index in [4.69, 9.17) is 9.73 Å². The summed E-state index contributed by atoms with van der Waals surface area (Å²) in [4.78, 5) is 53.7. The third-order valence-electron chi connectivity index (χ3n) is 9.14. The lowest BCUT2D eigenvalue weighted by Gasteiger charge is -2.52. The number of aliphatic hydroxyl groups is 1. The fourth-order valence-electron chi connectivity index (χ4n) is 6.47. The first-order chi connectivity index (χ1) is 21.6. The molecule has 46 heavy (non-hydrogen) atoms. The molecule has 0 spiro atoms. The van der Waals surface area contributed by atoms with Gasteiger partial charge in [-0.05, 0) is 58.7 Å². The molecule has 5 rings (SSSR count). The number of hydrogen-bond donors (Lipinski definition) is 3. The number of nitrogens with one attached hydrogen (secondary N) is 1. The molecule has 0 bridgehead atoms. The van der Waals surface area contributed by atoms with Crippen molar-refractivity contribution < 1.29 is 33.7 Å². The van der Waals surface area contributed by atoms with Crippen LogP contribution in [0.25, 0.3) is 0 Å². The molecule has 2 atom stereocenters. The van der Waals surface area contributed by atoms with Crippen molar-refractivity contribution in [3.8, 4) is 0 Å². The Morgan fingerprint density at radius 3 is 2.59 bits per heavy atom. The minimum Gasteiger partial charge on any atom is -0.481 e. The van der Waals surface area contributed by atoms with Crippen molar-refractivity contribution in [2.45, 2.75) is 58.7 Å². The van der Waals surface area contributed by atoms with Gasteiger partial charge in [0.15, 0.2) is 10.8 Å². The normalized spacial score (nSPS) is 22.5. The average molecular weight is 657 g/mol. The van der Waals surface area contributed by atoms with Gasteiger partial charge in [-0.25, -0.2) is 19.0 Å². The second kappa shape index (κ2) is 12.4. The van der Waals surface area contributed by atoms with Crippen LogP contribution in [0.5, 0.6) is 0 Å². The van der Waals surface area contributed by atoms with E-state index >= 15 is 0 Å². The second-order valence-electron chi connectivity index (χ2n) is 13.2. The predicted octanol–water partition coefficient (Wildman–Crippen LogP) is 3.17. The van der Waals surface area contributed by atoms with Crippen LogP contribution in [0, 0.1) is 18.2 Å². The average Bonchev–Trinajstić information content (AvgIpc) is 3.61. The molecule has 1 aromatic heterocycles. The Hall–Kier alpha value is -3.88. The molecule has 3 N–H and O–H groups in total. The van der Waals surface area contributed by atoms with E-state index in [0.29, 0.717) is 34.2 Å². The molecular formula is C32H41FN6O6S. The van der Waals surface area contributed by atoms with Crippen LogP contribution in [0.15, 0.2) is 46.0 Å². The van der Waals surface area contributed by atoms with Gasteiger partial charge in [-0.2, -0.15) is 0 Å². The predicted molar refractivity (Wildman–Crippen MR) is 170 cm³/mol. The highest BCUT2D eigenvalue weighted by Crippen LogP contribution is 2.41. The number of esters is 1. The fraction of sp³-hybridized carbons (Fsp3) is 0.531. The molecule has 4 heterocycles. The zero-order valence-electron chi connectivity index (χ0n) is 27.0. The Bertz CT molecular complexity index is 1590. The van der Waals surface area contributed by atoms with Crippen LogP contribution < -0.4 is 5.32 Å². The first-order valence-electron chi connectivity index (χ1n) is 15.2. The van der Waals surface area contributed by atoms with E-state index in [9.17, 15) is 29.0 Å². The molecule has 0 radical (unpaired) electrons. The molecule has 2 amide bonds. The number of piperazine rings is 1. The molecule has 0 saturated carbocycles. The molecule has 14 heteroatoms. The number of carbonyl (C=O) groups is 3. The second-order valence-corrected chi connectivity index (χ2v) is 14.1. The molecule has 248 valence electrons. The number of hydrogen-bond acceptors (Lipinski definition) is 10. The molecule has 3 aliphatic rings. The maximum atomic E-state index is 14.8. The summed E-state index contributed by atoms with van der Waals surface area (Å²) in [7, 11) is 0. The van der Waals surface area contributed by atoms with Gasteiger partial charge in [0.2, 0.25) is 0 Å². The third kappa shape index (κ3) is 6.00. The monoisotopic (exact) mass is 656 g/mol. The highest BCUT2D eigenvalue weighted by atomic mass is 32.1. The summed E-state index contributed by atoms with van der Waals surface area (Å²) in [5.74, 6) is -1.60. The minimum absolute atomic E-state index is 0.0164. The van der Waals surface area contributed by atoms with Crippen molar-refractivity contribution in [3.05, 3.63) is 63.0 Å². The number of aromatic nitrogens is 1. The van der Waals surface area contributed by atoms with Crippen LogP contribution >= 0.6 is 11.3 Å². The molecule has 0 aliphatic carbocycles. The van der Waals surface area contributed by atoms with Gasteiger partial charge >= 0.3 is 18.0 Å². The number of halogens is 1. The number of aliphatic carboxylic acids is 1. The van der Waals surface area contributed by atoms with Crippen LogP contribution in [-0.4, -0.2) is 111 Å². The Balaban J connectivity index is 1.55. The number of fused-ring (bicyclic) bond motifs is 1. The number of amidine groups is 1. The topological polar surface area (TPSA) is 148 Å². The fourth-order valence-corrected chi connectivity index (χ4v) is 7.05. The summed E-state index contributed by atoms with van der Waals surface area (Å²) in [5, 5.41) is 27.0. The summed E-state index contributed by atoms with van der Waals surface area (Å²) in [6, 6.07) is 3.49. The van der Waals surface area contributed by atoms with Crippen molar-refractivity contribution in [2.75, 3.05) is 45.9 Å². The Kier molecular flexibility index (Phi) is 9.01. The number of thiazole rings is 1. The van der Waals surface area contributed by atoms with Gasteiger partial charge in [0.1, 0.15) is 17.4 Å². The SMILES string of the molecule is CCOC(=O)C1=C(CN2CCN3C(=O)N(CC(C)(C)C(=O)O)CC3(C(C)(C)O)C2)NC(c2nccs2)=NC1c1cccc(F)c1C. The van der Waals surface area contributed by atoms with E-state index in [1.54, 1.807) is 64.8 Å². The standard InChI is InChI=1S/C32H41FN6O6S/c1-7-45-27(40)23-22(35-25(26-34-11-14-46-26)36-24(23)20-9-8-10-21(33)19(20)2)15-37-12-13-39-29(43)38(16-30(3,4)28(41)42)18-32(39,17-37)31(5,6)44/h8-11,14,24,44H,7,12-13,15-18H2,1-6H3,(H,35,36)(H,41,42). The van der Waals surface area contributed by atoms with Crippen LogP contribution in [0.1, 0.15) is 56.8 Å². The summed E-state index contributed by atoms with van der Waals surface area (Å²) in [6.07, 6.45) is 1.65. The number of aliphatic imine (C=N–C) groups is 1. The molecule has 2 fully saturated rings. The number of carboxylic acid groups (broad SMARTS) is 1. The summed E-state index contributed by atoms with van der Waals surface area (Å²) < 4.78 is 20.3.